The van der Waals surface area contributed by atoms with E-state index in [-0.39, 0.29) is 0 Å². The molecule has 1 rings (SSSR count). The highest BCUT2D eigenvalue weighted by Crippen LogP contribution is 1.97. The van der Waals surface area contributed by atoms with Gasteiger partial charge in [-0.25, -0.2) is 0 Å². The van der Waals surface area contributed by atoms with Gasteiger partial charge in [0, 0.05) is 0 Å². The van der Waals surface area contributed by atoms with Crippen molar-refractivity contribution in [3.05, 3.63) is 60.8 Å². The molecule has 14 heavy (non-hydrogen) atoms. The van der Waals surface area contributed by atoms with Gasteiger partial charge < -0.3 is 0 Å². The highest BCUT2D eigenvalue weighted by molar-refractivity contribution is 5.09. The van der Waals surface area contributed by atoms with Crippen LogP contribution in [0.25, 0.3) is 0 Å². The third kappa shape index (κ3) is 6.24. The molecule has 0 saturated carbocycles. The Balaban J connectivity index is 2.45. The van der Waals surface area contributed by atoms with Crippen LogP contribution in [-0.4, -0.2) is 0 Å². The molecule has 0 amide bonds. The molecular formula is C14H18. The van der Waals surface area contributed by atoms with E-state index >= 15 is 0 Å². The number of rotatable bonds is 0. The van der Waals surface area contributed by atoms with E-state index in [1.807, 2.05) is 0 Å². The first-order valence-electron chi connectivity index (χ1n) is 5.28. The summed E-state index contributed by atoms with van der Waals surface area (Å²) in [6, 6.07) is 0. The van der Waals surface area contributed by atoms with Crippen molar-refractivity contribution in [3.63, 3.8) is 0 Å². The summed E-state index contributed by atoms with van der Waals surface area (Å²) in [4.78, 5) is 0. The van der Waals surface area contributed by atoms with Gasteiger partial charge in [-0.15, -0.1) is 0 Å². The highest BCUT2D eigenvalue weighted by Gasteiger charge is 1.76. The molecule has 0 nitrogen and oxygen atoms in total. The molecule has 0 heteroatoms. The van der Waals surface area contributed by atoms with Gasteiger partial charge >= 0.3 is 0 Å². The number of hydrogen-bond donors (Lipinski definition) is 0. The summed E-state index contributed by atoms with van der Waals surface area (Å²) in [5.74, 6) is 0. The molecule has 0 atom stereocenters. The second-order valence-corrected chi connectivity index (χ2v) is 3.23. The minimum absolute atomic E-state index is 1.04. The van der Waals surface area contributed by atoms with Gasteiger partial charge in [0.15, 0.2) is 0 Å². The van der Waals surface area contributed by atoms with Gasteiger partial charge in [-0.1, -0.05) is 60.8 Å². The van der Waals surface area contributed by atoms with E-state index in [0.29, 0.717) is 0 Å². The van der Waals surface area contributed by atoms with Crippen molar-refractivity contribution in [2.45, 2.75) is 25.7 Å². The van der Waals surface area contributed by atoms with Crippen LogP contribution < -0.4 is 0 Å². The summed E-state index contributed by atoms with van der Waals surface area (Å²) in [6.45, 7) is 0. The summed E-state index contributed by atoms with van der Waals surface area (Å²) in [5, 5.41) is 0. The zero-order valence-electron chi connectivity index (χ0n) is 8.60. The molecular weight excluding hydrogens is 168 g/mol. The van der Waals surface area contributed by atoms with Gasteiger partial charge in [-0.3, -0.25) is 0 Å². The van der Waals surface area contributed by atoms with Crippen LogP contribution in [0.15, 0.2) is 60.8 Å². The van der Waals surface area contributed by atoms with Crippen LogP contribution >= 0.6 is 0 Å². The Bertz CT molecular complexity index is 234. The van der Waals surface area contributed by atoms with Crippen molar-refractivity contribution < 1.29 is 0 Å². The van der Waals surface area contributed by atoms with Crippen LogP contribution in [0.3, 0.4) is 0 Å². The summed E-state index contributed by atoms with van der Waals surface area (Å²) in [7, 11) is 0. The molecule has 0 bridgehead atoms. The Kier molecular flexibility index (Phi) is 6.39. The molecule has 0 saturated heterocycles. The monoisotopic (exact) mass is 186 g/mol. The molecule has 1 aliphatic carbocycles. The minimum Gasteiger partial charge on any atom is -0.0844 e. The van der Waals surface area contributed by atoms with Gasteiger partial charge in [0.25, 0.3) is 0 Å². The van der Waals surface area contributed by atoms with Crippen molar-refractivity contribution in [1.82, 2.24) is 0 Å². The first-order chi connectivity index (χ1) is 7.00. The van der Waals surface area contributed by atoms with Gasteiger partial charge in [0.1, 0.15) is 0 Å². The average molecular weight is 186 g/mol. The first kappa shape index (κ1) is 10.8. The summed E-state index contributed by atoms with van der Waals surface area (Å²) in [5.41, 5.74) is 0. The van der Waals surface area contributed by atoms with Crippen molar-refractivity contribution >= 4 is 0 Å². The smallest absolute Gasteiger partial charge is 0.0166 e. The van der Waals surface area contributed by atoms with E-state index in [1.54, 1.807) is 0 Å². The van der Waals surface area contributed by atoms with Crippen molar-refractivity contribution in [2.75, 3.05) is 0 Å². The Morgan fingerprint density at radius 3 is 1.36 bits per heavy atom. The molecule has 0 heterocycles. The van der Waals surface area contributed by atoms with Crippen LogP contribution in [0.1, 0.15) is 25.7 Å². The van der Waals surface area contributed by atoms with E-state index in [4.69, 9.17) is 0 Å². The molecule has 0 aromatic carbocycles. The van der Waals surface area contributed by atoms with E-state index in [1.165, 1.54) is 0 Å². The first-order valence-corrected chi connectivity index (χ1v) is 5.28. The lowest BCUT2D eigenvalue weighted by Crippen LogP contribution is -1.65. The highest BCUT2D eigenvalue weighted by atomic mass is 13.8. The minimum atomic E-state index is 1.04. The van der Waals surface area contributed by atoms with Gasteiger partial charge in [-0.2, -0.15) is 0 Å². The maximum absolute atomic E-state index is 2.21. The quantitative estimate of drug-likeness (QED) is 0.494. The molecule has 0 aromatic heterocycles. The predicted octanol–water partition coefficient (Wildman–Crippen LogP) is 4.34. The van der Waals surface area contributed by atoms with Crippen molar-refractivity contribution in [3.8, 4) is 0 Å². The predicted molar refractivity (Wildman–Crippen MR) is 64.2 cm³/mol. The standard InChI is InChI=1S/C14H18/c1-2-4-6-8-10-12-14-13-11-9-7-5-3-1/h1-4,7,9-10,12-14H,5-6,8,11H2/b3-1-,4-2+,9-7-,12-10+,14-13-. The Labute approximate surface area is 87.0 Å². The molecule has 0 fully saturated rings. The van der Waals surface area contributed by atoms with Gasteiger partial charge in [0.2, 0.25) is 0 Å². The summed E-state index contributed by atoms with van der Waals surface area (Å²) in [6.07, 6.45) is 26.0. The molecule has 0 spiro atoms. The molecule has 0 aromatic rings. The van der Waals surface area contributed by atoms with Crippen LogP contribution in [0.4, 0.5) is 0 Å². The normalized spacial score (nSPS) is 29.7. The fraction of sp³-hybridized carbons (Fsp3) is 0.286. The Morgan fingerprint density at radius 1 is 0.429 bits per heavy atom. The lowest BCUT2D eigenvalue weighted by atomic mass is 10.2. The average Bonchev–Trinajstić information content (AvgIpc) is 2.22. The second kappa shape index (κ2) is 8.31. The maximum Gasteiger partial charge on any atom is -0.0166 e. The topological polar surface area (TPSA) is 0 Å². The number of hydrogen-bond acceptors (Lipinski definition) is 0. The zero-order chi connectivity index (χ0) is 9.90. The van der Waals surface area contributed by atoms with Gasteiger partial charge in [0.05, 0.1) is 0 Å². The van der Waals surface area contributed by atoms with Crippen LogP contribution in [0.2, 0.25) is 0 Å². The SMILES string of the molecule is C1=C\C/C=C\C/C=C\C=C\CC/C=C/1. The third-order valence-corrected chi connectivity index (χ3v) is 1.98. The zero-order valence-corrected chi connectivity index (χ0v) is 8.60. The second-order valence-electron chi connectivity index (χ2n) is 3.23. The van der Waals surface area contributed by atoms with Gasteiger partial charge in [-0.05, 0) is 25.7 Å². The maximum atomic E-state index is 2.21. The molecule has 0 radical (unpaired) electrons. The summed E-state index contributed by atoms with van der Waals surface area (Å²) >= 11 is 0. The lowest BCUT2D eigenvalue weighted by Gasteiger charge is -1.86. The Hall–Kier alpha value is -1.30. The van der Waals surface area contributed by atoms with E-state index in [9.17, 15) is 0 Å². The molecule has 0 unspecified atom stereocenters. The van der Waals surface area contributed by atoms with Crippen LogP contribution in [0, 0.1) is 0 Å². The summed E-state index contributed by atoms with van der Waals surface area (Å²) < 4.78 is 0. The molecule has 1 aliphatic rings. The number of allylic oxidation sites excluding steroid dienone is 10. The van der Waals surface area contributed by atoms with Crippen LogP contribution in [0.5, 0.6) is 0 Å². The lowest BCUT2D eigenvalue weighted by molar-refractivity contribution is 1.05. The van der Waals surface area contributed by atoms with Crippen LogP contribution in [-0.2, 0) is 0 Å². The third-order valence-electron chi connectivity index (χ3n) is 1.98. The van der Waals surface area contributed by atoms with Crippen molar-refractivity contribution in [2.24, 2.45) is 0 Å². The largest absolute Gasteiger partial charge is 0.0844 e. The van der Waals surface area contributed by atoms with Crippen molar-refractivity contribution in [1.29, 1.82) is 0 Å². The Morgan fingerprint density at radius 2 is 0.857 bits per heavy atom. The fourth-order valence-corrected chi connectivity index (χ4v) is 1.21. The molecule has 0 aliphatic heterocycles. The fourth-order valence-electron chi connectivity index (χ4n) is 1.21. The molecule has 0 N–H and O–H groups in total. The molecule has 74 valence electrons. The van der Waals surface area contributed by atoms with E-state index in [2.05, 4.69) is 60.8 Å². The van der Waals surface area contributed by atoms with E-state index < -0.39 is 0 Å². The van der Waals surface area contributed by atoms with E-state index in [0.717, 1.165) is 25.7 Å².